The van der Waals surface area contributed by atoms with Gasteiger partial charge in [-0.3, -0.25) is 4.57 Å². The first kappa shape index (κ1) is 14.1. The molecule has 0 saturated heterocycles. The summed E-state index contributed by atoms with van der Waals surface area (Å²) in [7, 11) is 1.71. The van der Waals surface area contributed by atoms with E-state index < -0.39 is 0 Å². The molecule has 0 saturated carbocycles. The maximum atomic E-state index is 11.6. The van der Waals surface area contributed by atoms with E-state index in [4.69, 9.17) is 4.42 Å². The minimum absolute atomic E-state index is 0.0757. The van der Waals surface area contributed by atoms with E-state index in [1.807, 2.05) is 18.2 Å². The van der Waals surface area contributed by atoms with E-state index in [1.165, 1.54) is 21.3 Å². The molecule has 3 aromatic rings. The highest BCUT2D eigenvalue weighted by Crippen LogP contribution is 2.33. The van der Waals surface area contributed by atoms with Crippen LogP contribution in [0.15, 0.2) is 45.6 Å². The van der Waals surface area contributed by atoms with E-state index in [0.717, 1.165) is 11.1 Å². The van der Waals surface area contributed by atoms with Gasteiger partial charge in [-0.05, 0) is 48.2 Å². The molecule has 0 amide bonds. The summed E-state index contributed by atoms with van der Waals surface area (Å²) in [6, 6.07) is 12.3. The maximum Gasteiger partial charge on any atom is 0.419 e. The van der Waals surface area contributed by atoms with Gasteiger partial charge in [0, 0.05) is 7.05 Å². The van der Waals surface area contributed by atoms with Crippen LogP contribution in [-0.4, -0.2) is 4.57 Å². The fraction of sp³-hybridized carbons (Fsp3) is 0.235. The molecule has 0 aliphatic rings. The lowest BCUT2D eigenvalue weighted by atomic mass is 10.0. The highest BCUT2D eigenvalue weighted by atomic mass is 79.9. The second kappa shape index (κ2) is 5.19. The van der Waals surface area contributed by atoms with Crippen molar-refractivity contribution in [1.29, 1.82) is 0 Å². The molecule has 1 heterocycles. The van der Waals surface area contributed by atoms with Gasteiger partial charge in [0.1, 0.15) is 0 Å². The van der Waals surface area contributed by atoms with Crippen molar-refractivity contribution in [3.63, 3.8) is 0 Å². The van der Waals surface area contributed by atoms with Gasteiger partial charge in [0.05, 0.1) is 10.3 Å². The highest BCUT2D eigenvalue weighted by molar-refractivity contribution is 9.09. The van der Waals surface area contributed by atoms with Gasteiger partial charge in [-0.15, -0.1) is 0 Å². The van der Waals surface area contributed by atoms with Crippen LogP contribution in [-0.2, 0) is 7.05 Å². The Morgan fingerprint density at radius 1 is 1.05 bits per heavy atom. The van der Waals surface area contributed by atoms with Gasteiger partial charge in [-0.1, -0.05) is 40.2 Å². The quantitative estimate of drug-likeness (QED) is 0.651. The molecule has 21 heavy (non-hydrogen) atoms. The van der Waals surface area contributed by atoms with Crippen LogP contribution in [0.1, 0.15) is 27.1 Å². The largest absolute Gasteiger partial charge is 0.419 e. The Bertz CT molecular complexity index is 876. The van der Waals surface area contributed by atoms with Crippen LogP contribution in [0.25, 0.3) is 11.1 Å². The lowest BCUT2D eigenvalue weighted by Crippen LogP contribution is -2.08. The van der Waals surface area contributed by atoms with Crippen LogP contribution in [0.4, 0.5) is 0 Å². The van der Waals surface area contributed by atoms with Gasteiger partial charge in [0.25, 0.3) is 0 Å². The van der Waals surface area contributed by atoms with Crippen molar-refractivity contribution in [2.45, 2.75) is 18.7 Å². The van der Waals surface area contributed by atoms with Gasteiger partial charge in [-0.25, -0.2) is 4.79 Å². The first-order valence-corrected chi connectivity index (χ1v) is 7.69. The lowest BCUT2D eigenvalue weighted by molar-refractivity contribution is 0.528. The molecule has 0 radical (unpaired) electrons. The number of hydrogen-bond donors (Lipinski definition) is 0. The molecule has 0 N–H and O–H groups in total. The number of aromatic nitrogens is 1. The third kappa shape index (κ3) is 2.44. The number of alkyl halides is 1. The van der Waals surface area contributed by atoms with Crippen molar-refractivity contribution < 1.29 is 4.42 Å². The van der Waals surface area contributed by atoms with Crippen LogP contribution in [0.5, 0.6) is 0 Å². The third-order valence-electron chi connectivity index (χ3n) is 3.93. The summed E-state index contributed by atoms with van der Waals surface area (Å²) in [6.07, 6.45) is 0. The number of hydrogen-bond acceptors (Lipinski definition) is 2. The molecule has 3 nitrogen and oxygen atoms in total. The zero-order chi connectivity index (χ0) is 15.1. The number of nitrogens with zero attached hydrogens (tertiary/aromatic N) is 1. The van der Waals surface area contributed by atoms with Gasteiger partial charge in [-0.2, -0.15) is 0 Å². The zero-order valence-electron chi connectivity index (χ0n) is 12.2. The molecular formula is C17H16BrNO2. The molecule has 108 valence electrons. The van der Waals surface area contributed by atoms with E-state index >= 15 is 0 Å². The summed E-state index contributed by atoms with van der Waals surface area (Å²) in [6.45, 7) is 4.21. The van der Waals surface area contributed by atoms with Gasteiger partial charge in [0.2, 0.25) is 0 Å². The first-order chi connectivity index (χ1) is 9.97. The Labute approximate surface area is 131 Å². The van der Waals surface area contributed by atoms with Crippen LogP contribution in [0.2, 0.25) is 0 Å². The molecular weight excluding hydrogens is 330 g/mol. The Morgan fingerprint density at radius 2 is 1.71 bits per heavy atom. The maximum absolute atomic E-state index is 11.6. The van der Waals surface area contributed by atoms with Crippen LogP contribution in [0.3, 0.4) is 0 Å². The smallest absolute Gasteiger partial charge is 0.408 e. The number of aryl methyl sites for hydroxylation is 3. The standard InChI is InChI=1S/C17H16BrNO2/c1-10-4-5-12(8-11(10)2)16(18)13-6-7-14-15(9-13)21-17(20)19(14)3/h4-9,16H,1-3H3. The molecule has 4 heteroatoms. The Hall–Kier alpha value is -1.81. The summed E-state index contributed by atoms with van der Waals surface area (Å²) in [5, 5.41) is 0. The van der Waals surface area contributed by atoms with E-state index in [2.05, 4.69) is 48.0 Å². The van der Waals surface area contributed by atoms with Crippen molar-refractivity contribution in [1.82, 2.24) is 4.57 Å². The molecule has 0 spiro atoms. The van der Waals surface area contributed by atoms with Crippen molar-refractivity contribution in [3.05, 3.63) is 69.2 Å². The summed E-state index contributed by atoms with van der Waals surface area (Å²) < 4.78 is 6.77. The van der Waals surface area contributed by atoms with Crippen molar-refractivity contribution >= 4 is 27.0 Å². The second-order valence-corrected chi connectivity index (χ2v) is 6.28. The topological polar surface area (TPSA) is 35.1 Å². The molecule has 3 rings (SSSR count). The van der Waals surface area contributed by atoms with E-state index in [9.17, 15) is 4.79 Å². The number of benzene rings is 2. The minimum Gasteiger partial charge on any atom is -0.408 e. The molecule has 0 aliphatic heterocycles. The first-order valence-electron chi connectivity index (χ1n) is 6.78. The summed E-state index contributed by atoms with van der Waals surface area (Å²) >= 11 is 3.74. The highest BCUT2D eigenvalue weighted by Gasteiger charge is 2.14. The van der Waals surface area contributed by atoms with E-state index in [0.29, 0.717) is 5.58 Å². The predicted molar refractivity (Wildman–Crippen MR) is 88.1 cm³/mol. The Balaban J connectivity index is 2.06. The van der Waals surface area contributed by atoms with E-state index in [-0.39, 0.29) is 10.6 Å². The Kier molecular flexibility index (Phi) is 3.49. The molecule has 2 aromatic carbocycles. The molecule has 0 bridgehead atoms. The van der Waals surface area contributed by atoms with E-state index in [1.54, 1.807) is 7.05 Å². The zero-order valence-corrected chi connectivity index (χ0v) is 13.8. The molecule has 0 aliphatic carbocycles. The van der Waals surface area contributed by atoms with Crippen molar-refractivity contribution in [3.8, 4) is 0 Å². The fourth-order valence-electron chi connectivity index (χ4n) is 2.42. The number of rotatable bonds is 2. The molecule has 1 atom stereocenters. The Morgan fingerprint density at radius 3 is 2.43 bits per heavy atom. The third-order valence-corrected chi connectivity index (χ3v) is 4.99. The number of fused-ring (bicyclic) bond motifs is 1. The molecule has 1 aromatic heterocycles. The number of oxazole rings is 1. The lowest BCUT2D eigenvalue weighted by Gasteiger charge is -2.12. The van der Waals surface area contributed by atoms with Crippen LogP contribution in [0, 0.1) is 13.8 Å². The van der Waals surface area contributed by atoms with Crippen molar-refractivity contribution in [2.75, 3.05) is 0 Å². The van der Waals surface area contributed by atoms with Gasteiger partial charge < -0.3 is 4.42 Å². The SMILES string of the molecule is Cc1ccc(C(Br)c2ccc3c(c2)oc(=O)n3C)cc1C. The summed E-state index contributed by atoms with van der Waals surface area (Å²) in [5.74, 6) is -0.334. The molecule has 0 fully saturated rings. The number of halogens is 1. The average molecular weight is 346 g/mol. The normalized spacial score (nSPS) is 12.8. The fourth-order valence-corrected chi connectivity index (χ4v) is 2.99. The van der Waals surface area contributed by atoms with Gasteiger partial charge in [0.15, 0.2) is 5.58 Å². The van der Waals surface area contributed by atoms with Crippen LogP contribution >= 0.6 is 15.9 Å². The predicted octanol–water partition coefficient (Wildman–Crippen LogP) is 4.23. The van der Waals surface area contributed by atoms with Crippen molar-refractivity contribution in [2.24, 2.45) is 7.05 Å². The summed E-state index contributed by atoms with van der Waals surface area (Å²) in [4.78, 5) is 11.6. The second-order valence-electron chi connectivity index (χ2n) is 5.36. The summed E-state index contributed by atoms with van der Waals surface area (Å²) in [5.41, 5.74) is 6.24. The minimum atomic E-state index is -0.334. The molecule has 1 unspecified atom stereocenters. The monoisotopic (exact) mass is 345 g/mol. The van der Waals surface area contributed by atoms with Crippen LogP contribution < -0.4 is 5.76 Å². The van der Waals surface area contributed by atoms with Gasteiger partial charge >= 0.3 is 5.76 Å². The average Bonchev–Trinajstić information content (AvgIpc) is 2.76.